The molecule has 0 aromatic carbocycles. The van der Waals surface area contributed by atoms with Crippen LogP contribution in [0.4, 0.5) is 0 Å². The highest BCUT2D eigenvalue weighted by Crippen LogP contribution is 2.33. The lowest BCUT2D eigenvalue weighted by molar-refractivity contribution is -0.133. The minimum Gasteiger partial charge on any atom is -0.383 e. The minimum absolute atomic E-state index is 0.00454. The second-order valence-corrected chi connectivity index (χ2v) is 5.67. The number of rotatable bonds is 6. The summed E-state index contributed by atoms with van der Waals surface area (Å²) in [5, 5.41) is 3.54. The monoisotopic (exact) mass is 266 g/mol. The molecular weight excluding hydrogens is 240 g/mol. The maximum atomic E-state index is 12.5. The quantitative estimate of drug-likeness (QED) is 0.742. The van der Waals surface area contributed by atoms with Crippen molar-refractivity contribution in [3.05, 3.63) is 12.7 Å². The highest BCUT2D eigenvalue weighted by molar-refractivity contribution is 5.82. The molecule has 0 spiro atoms. The number of fused-ring (bicyclic) bond motifs is 1. The van der Waals surface area contributed by atoms with Gasteiger partial charge in [0.1, 0.15) is 0 Å². The van der Waals surface area contributed by atoms with E-state index in [0.29, 0.717) is 31.7 Å². The molecule has 3 atom stereocenters. The van der Waals surface area contributed by atoms with Crippen LogP contribution in [0.1, 0.15) is 32.1 Å². The number of hydrogen-bond acceptors (Lipinski definition) is 3. The third kappa shape index (κ3) is 3.57. The van der Waals surface area contributed by atoms with E-state index in [4.69, 9.17) is 4.74 Å². The first-order valence-electron chi connectivity index (χ1n) is 7.41. The van der Waals surface area contributed by atoms with Gasteiger partial charge in [-0.3, -0.25) is 4.79 Å². The Morgan fingerprint density at radius 1 is 1.47 bits per heavy atom. The summed E-state index contributed by atoms with van der Waals surface area (Å²) in [5.74, 6) is 0.919. The summed E-state index contributed by atoms with van der Waals surface area (Å²) in [4.78, 5) is 14.4. The molecule has 0 aromatic heterocycles. The number of amides is 1. The van der Waals surface area contributed by atoms with E-state index < -0.39 is 0 Å². The van der Waals surface area contributed by atoms with Gasteiger partial charge < -0.3 is 15.0 Å². The van der Waals surface area contributed by atoms with E-state index in [1.807, 2.05) is 4.90 Å². The second kappa shape index (κ2) is 7.06. The number of methoxy groups -OCH3 is 1. The molecule has 2 fully saturated rings. The second-order valence-electron chi connectivity index (χ2n) is 5.67. The average molecular weight is 266 g/mol. The molecule has 2 aliphatic rings. The maximum absolute atomic E-state index is 12.5. The molecule has 1 aliphatic carbocycles. The first-order valence-corrected chi connectivity index (χ1v) is 7.41. The molecule has 1 amide bonds. The summed E-state index contributed by atoms with van der Waals surface area (Å²) in [7, 11) is 1.67. The average Bonchev–Trinajstić information content (AvgIpc) is 2.86. The fourth-order valence-electron chi connectivity index (χ4n) is 3.38. The lowest BCUT2D eigenvalue weighted by Crippen LogP contribution is -2.46. The van der Waals surface area contributed by atoms with Crippen molar-refractivity contribution in [2.24, 2.45) is 5.92 Å². The Morgan fingerprint density at radius 3 is 2.95 bits per heavy atom. The lowest BCUT2D eigenvalue weighted by atomic mass is 9.85. The molecule has 1 saturated carbocycles. The van der Waals surface area contributed by atoms with Gasteiger partial charge in [-0.15, -0.1) is 6.58 Å². The highest BCUT2D eigenvalue weighted by Gasteiger charge is 2.39. The number of carbonyl (C=O) groups excluding carboxylic acids is 1. The largest absolute Gasteiger partial charge is 0.383 e. The fourth-order valence-corrected chi connectivity index (χ4v) is 3.38. The molecular formula is C15H26N2O2. The van der Waals surface area contributed by atoms with Gasteiger partial charge in [-0.25, -0.2) is 0 Å². The predicted octanol–water partition coefficient (Wildman–Crippen LogP) is 1.57. The normalized spacial score (nSPS) is 29.8. The van der Waals surface area contributed by atoms with Crippen LogP contribution in [0.5, 0.6) is 0 Å². The summed E-state index contributed by atoms with van der Waals surface area (Å²) in [6, 6.07) is 0.570. The first-order chi connectivity index (χ1) is 9.26. The zero-order valence-corrected chi connectivity index (χ0v) is 11.9. The molecule has 0 aromatic rings. The van der Waals surface area contributed by atoms with Crippen LogP contribution in [0, 0.1) is 5.92 Å². The van der Waals surface area contributed by atoms with Crippen molar-refractivity contribution in [1.29, 1.82) is 0 Å². The van der Waals surface area contributed by atoms with Crippen LogP contribution in [-0.2, 0) is 9.53 Å². The molecule has 2 rings (SSSR count). The van der Waals surface area contributed by atoms with E-state index >= 15 is 0 Å². The molecule has 108 valence electrons. The summed E-state index contributed by atoms with van der Waals surface area (Å²) < 4.78 is 5.08. The molecule has 1 heterocycles. The van der Waals surface area contributed by atoms with Gasteiger partial charge in [0, 0.05) is 26.2 Å². The number of hydrogen-bond donors (Lipinski definition) is 1. The Labute approximate surface area is 116 Å². The van der Waals surface area contributed by atoms with Crippen LogP contribution < -0.4 is 5.32 Å². The van der Waals surface area contributed by atoms with Crippen molar-refractivity contribution in [3.63, 3.8) is 0 Å². The molecule has 4 nitrogen and oxygen atoms in total. The topological polar surface area (TPSA) is 41.6 Å². The molecule has 1 aliphatic heterocycles. The standard InChI is InChI=1S/C15H26N2O2/c1-3-8-17(9-10-19-2)15(18)14-11-12-6-4-5-7-13(12)16-14/h3,12-14,16H,1,4-11H2,2H3. The van der Waals surface area contributed by atoms with Crippen LogP contribution in [0.3, 0.4) is 0 Å². The van der Waals surface area contributed by atoms with Crippen molar-refractivity contribution in [1.82, 2.24) is 10.2 Å². The minimum atomic E-state index is 0.00454. The SMILES string of the molecule is C=CCN(CCOC)C(=O)C1CC2CCCCC2N1. The van der Waals surface area contributed by atoms with Gasteiger partial charge in [0.25, 0.3) is 0 Å². The number of nitrogens with zero attached hydrogens (tertiary/aromatic N) is 1. The van der Waals surface area contributed by atoms with Crippen molar-refractivity contribution in [2.75, 3.05) is 26.8 Å². The third-order valence-corrected chi connectivity index (χ3v) is 4.39. The zero-order valence-electron chi connectivity index (χ0n) is 11.9. The Hall–Kier alpha value is -0.870. The summed E-state index contributed by atoms with van der Waals surface area (Å²) >= 11 is 0. The Balaban J connectivity index is 1.91. The van der Waals surface area contributed by atoms with Crippen LogP contribution in [0.25, 0.3) is 0 Å². The number of nitrogens with one attached hydrogen (secondary N) is 1. The molecule has 1 N–H and O–H groups in total. The van der Waals surface area contributed by atoms with E-state index in [0.717, 1.165) is 6.42 Å². The maximum Gasteiger partial charge on any atom is 0.240 e. The van der Waals surface area contributed by atoms with E-state index in [9.17, 15) is 4.79 Å². The molecule has 4 heteroatoms. The van der Waals surface area contributed by atoms with E-state index in [-0.39, 0.29) is 11.9 Å². The van der Waals surface area contributed by atoms with Crippen LogP contribution in [0.2, 0.25) is 0 Å². The molecule has 1 saturated heterocycles. The van der Waals surface area contributed by atoms with Crippen molar-refractivity contribution in [2.45, 2.75) is 44.2 Å². The van der Waals surface area contributed by atoms with Crippen molar-refractivity contribution < 1.29 is 9.53 Å². The molecule has 0 bridgehead atoms. The van der Waals surface area contributed by atoms with Crippen molar-refractivity contribution >= 4 is 5.91 Å². The predicted molar refractivity (Wildman–Crippen MR) is 75.9 cm³/mol. The third-order valence-electron chi connectivity index (χ3n) is 4.39. The Bertz CT molecular complexity index is 305. The van der Waals surface area contributed by atoms with E-state index in [1.165, 1.54) is 25.7 Å². The summed E-state index contributed by atoms with van der Waals surface area (Å²) in [6.07, 6.45) is 7.92. The van der Waals surface area contributed by atoms with Gasteiger partial charge in [-0.2, -0.15) is 0 Å². The summed E-state index contributed by atoms with van der Waals surface area (Å²) in [5.41, 5.74) is 0. The van der Waals surface area contributed by atoms with Crippen LogP contribution in [-0.4, -0.2) is 49.7 Å². The first kappa shape index (κ1) is 14.5. The van der Waals surface area contributed by atoms with Gasteiger partial charge >= 0.3 is 0 Å². The smallest absolute Gasteiger partial charge is 0.240 e. The highest BCUT2D eigenvalue weighted by atomic mass is 16.5. The van der Waals surface area contributed by atoms with Gasteiger partial charge in [0.05, 0.1) is 12.6 Å². The van der Waals surface area contributed by atoms with Gasteiger partial charge in [-0.05, 0) is 25.2 Å². The van der Waals surface area contributed by atoms with E-state index in [2.05, 4.69) is 11.9 Å². The van der Waals surface area contributed by atoms with Crippen molar-refractivity contribution in [3.8, 4) is 0 Å². The Kier molecular flexibility index (Phi) is 5.40. The lowest BCUT2D eigenvalue weighted by Gasteiger charge is -2.25. The molecule has 0 radical (unpaired) electrons. The van der Waals surface area contributed by atoms with Crippen LogP contribution >= 0.6 is 0 Å². The molecule has 19 heavy (non-hydrogen) atoms. The fraction of sp³-hybridized carbons (Fsp3) is 0.800. The Morgan fingerprint density at radius 2 is 2.26 bits per heavy atom. The van der Waals surface area contributed by atoms with Crippen LogP contribution in [0.15, 0.2) is 12.7 Å². The summed E-state index contributed by atoms with van der Waals surface area (Å²) in [6.45, 7) is 5.57. The van der Waals surface area contributed by atoms with Gasteiger partial charge in [0.2, 0.25) is 5.91 Å². The van der Waals surface area contributed by atoms with Gasteiger partial charge in [-0.1, -0.05) is 18.9 Å². The zero-order chi connectivity index (χ0) is 13.7. The molecule has 3 unspecified atom stereocenters. The number of ether oxygens (including phenoxy) is 1. The van der Waals surface area contributed by atoms with Gasteiger partial charge in [0.15, 0.2) is 0 Å². The van der Waals surface area contributed by atoms with E-state index in [1.54, 1.807) is 13.2 Å². The number of carbonyl (C=O) groups is 1.